The van der Waals surface area contributed by atoms with E-state index in [1.807, 2.05) is 0 Å². The molecule has 0 aromatic heterocycles. The largest absolute Gasteiger partial charge is 0.339 e. The van der Waals surface area contributed by atoms with Crippen LogP contribution in [0.4, 0.5) is 0 Å². The third kappa shape index (κ3) is 3.63. The third-order valence-electron chi connectivity index (χ3n) is 4.39. The molecule has 0 radical (unpaired) electrons. The Bertz CT molecular complexity index is 750. The van der Waals surface area contributed by atoms with E-state index in [1.165, 1.54) is 0 Å². The van der Waals surface area contributed by atoms with Gasteiger partial charge in [-0.25, -0.2) is 0 Å². The van der Waals surface area contributed by atoms with Crippen LogP contribution in [0, 0.1) is 5.92 Å². The number of ketones is 1. The number of piperidine rings is 1. The second-order valence-corrected chi connectivity index (χ2v) is 6.76. The Balaban J connectivity index is 1.63. The van der Waals surface area contributed by atoms with Gasteiger partial charge in [-0.1, -0.05) is 35.3 Å². The number of amides is 1. The summed E-state index contributed by atoms with van der Waals surface area (Å²) in [6.07, 6.45) is 1.33. The fraction of sp³-hybridized carbons (Fsp3) is 0.263. The van der Waals surface area contributed by atoms with Crippen LogP contribution in [0.5, 0.6) is 0 Å². The van der Waals surface area contributed by atoms with Gasteiger partial charge in [0.05, 0.1) is 10.6 Å². The molecule has 0 atom stereocenters. The van der Waals surface area contributed by atoms with Crippen molar-refractivity contribution in [1.82, 2.24) is 4.90 Å². The number of halogens is 2. The number of likely N-dealkylation sites (tertiary alicyclic amines) is 1. The minimum atomic E-state index is -0.0713. The van der Waals surface area contributed by atoms with Gasteiger partial charge in [0.1, 0.15) is 0 Å². The van der Waals surface area contributed by atoms with Crippen LogP contribution >= 0.6 is 23.2 Å². The first-order chi connectivity index (χ1) is 11.6. The van der Waals surface area contributed by atoms with E-state index in [0.717, 1.165) is 0 Å². The van der Waals surface area contributed by atoms with E-state index >= 15 is 0 Å². The van der Waals surface area contributed by atoms with Crippen molar-refractivity contribution in [3.63, 3.8) is 0 Å². The predicted molar refractivity (Wildman–Crippen MR) is 95.9 cm³/mol. The van der Waals surface area contributed by atoms with Gasteiger partial charge in [0.2, 0.25) is 0 Å². The molecule has 0 aliphatic carbocycles. The highest BCUT2D eigenvalue weighted by molar-refractivity contribution is 6.33. The molecule has 3 rings (SSSR count). The number of hydrogen-bond donors (Lipinski definition) is 0. The summed E-state index contributed by atoms with van der Waals surface area (Å²) in [6.45, 7) is 1.13. The smallest absolute Gasteiger partial charge is 0.255 e. The van der Waals surface area contributed by atoms with Crippen LogP contribution in [0.2, 0.25) is 10.0 Å². The molecule has 0 spiro atoms. The van der Waals surface area contributed by atoms with Crippen molar-refractivity contribution in [2.45, 2.75) is 12.8 Å². The number of carbonyl (C=O) groups is 2. The number of nitrogens with zero attached hydrogens (tertiary/aromatic N) is 1. The van der Waals surface area contributed by atoms with Crippen LogP contribution in [0.25, 0.3) is 0 Å². The van der Waals surface area contributed by atoms with Crippen LogP contribution in [0.15, 0.2) is 48.5 Å². The molecule has 5 heteroatoms. The molecule has 1 amide bonds. The Morgan fingerprint density at radius 3 is 2.17 bits per heavy atom. The summed E-state index contributed by atoms with van der Waals surface area (Å²) in [5.41, 5.74) is 1.19. The van der Waals surface area contributed by atoms with Gasteiger partial charge in [0.15, 0.2) is 5.78 Å². The summed E-state index contributed by atoms with van der Waals surface area (Å²) in [7, 11) is 0. The van der Waals surface area contributed by atoms with Gasteiger partial charge in [-0.15, -0.1) is 0 Å². The first-order valence-electron chi connectivity index (χ1n) is 7.90. The van der Waals surface area contributed by atoms with Crippen molar-refractivity contribution in [2.75, 3.05) is 13.1 Å². The fourth-order valence-electron chi connectivity index (χ4n) is 3.00. The standard InChI is InChI=1S/C19H17Cl2NO2/c20-15-7-5-13(6-8-15)18(23)14-9-11-22(12-10-14)19(24)16-3-1-2-4-17(16)21/h1-8,14H,9-12H2. The molecule has 0 bridgehead atoms. The summed E-state index contributed by atoms with van der Waals surface area (Å²) < 4.78 is 0. The molecule has 1 aliphatic heterocycles. The van der Waals surface area contributed by atoms with Crippen molar-refractivity contribution in [1.29, 1.82) is 0 Å². The molecule has 0 unspecified atom stereocenters. The summed E-state index contributed by atoms with van der Waals surface area (Å²) in [6, 6.07) is 14.0. The molecule has 2 aromatic rings. The molecule has 0 saturated carbocycles. The third-order valence-corrected chi connectivity index (χ3v) is 4.97. The number of Topliss-reactive ketones (excluding diaryl/α,β-unsaturated/α-hetero) is 1. The van der Waals surface area contributed by atoms with Crippen LogP contribution in [-0.4, -0.2) is 29.7 Å². The van der Waals surface area contributed by atoms with Crippen LogP contribution in [-0.2, 0) is 0 Å². The maximum atomic E-state index is 12.5. The summed E-state index contributed by atoms with van der Waals surface area (Å²) in [5, 5.41) is 1.08. The van der Waals surface area contributed by atoms with E-state index in [0.29, 0.717) is 47.1 Å². The van der Waals surface area contributed by atoms with Crippen molar-refractivity contribution in [3.05, 3.63) is 69.7 Å². The number of benzene rings is 2. The Morgan fingerprint density at radius 1 is 0.917 bits per heavy atom. The molecular formula is C19H17Cl2NO2. The lowest BCUT2D eigenvalue weighted by Crippen LogP contribution is -2.40. The highest BCUT2D eigenvalue weighted by Crippen LogP contribution is 2.25. The number of hydrogen-bond acceptors (Lipinski definition) is 2. The SMILES string of the molecule is O=C(c1ccc(Cl)cc1)C1CCN(C(=O)c2ccccc2Cl)CC1. The summed E-state index contributed by atoms with van der Waals surface area (Å²) >= 11 is 12.0. The Morgan fingerprint density at radius 2 is 1.54 bits per heavy atom. The van der Waals surface area contributed by atoms with Crippen molar-refractivity contribution in [3.8, 4) is 0 Å². The first-order valence-corrected chi connectivity index (χ1v) is 8.65. The van der Waals surface area contributed by atoms with E-state index < -0.39 is 0 Å². The molecule has 3 nitrogen and oxygen atoms in total. The van der Waals surface area contributed by atoms with Gasteiger partial charge in [-0.2, -0.15) is 0 Å². The maximum Gasteiger partial charge on any atom is 0.255 e. The zero-order valence-corrected chi connectivity index (χ0v) is 14.6. The van der Waals surface area contributed by atoms with Crippen LogP contribution in [0.3, 0.4) is 0 Å². The summed E-state index contributed by atoms with van der Waals surface area (Å²) in [5.74, 6) is -0.00373. The molecule has 2 aromatic carbocycles. The highest BCUT2D eigenvalue weighted by Gasteiger charge is 2.28. The highest BCUT2D eigenvalue weighted by atomic mass is 35.5. The summed E-state index contributed by atoms with van der Waals surface area (Å²) in [4.78, 5) is 26.9. The second-order valence-electron chi connectivity index (χ2n) is 5.92. The lowest BCUT2D eigenvalue weighted by Gasteiger charge is -2.31. The molecule has 1 heterocycles. The lowest BCUT2D eigenvalue weighted by atomic mass is 9.88. The average molecular weight is 362 g/mol. The van der Waals surface area contributed by atoms with Crippen LogP contribution in [0.1, 0.15) is 33.6 Å². The number of rotatable bonds is 3. The lowest BCUT2D eigenvalue weighted by molar-refractivity contribution is 0.0650. The second kappa shape index (κ2) is 7.37. The van der Waals surface area contributed by atoms with Gasteiger partial charge < -0.3 is 4.90 Å². The predicted octanol–water partition coefficient (Wildman–Crippen LogP) is 4.73. The molecule has 1 saturated heterocycles. The quantitative estimate of drug-likeness (QED) is 0.741. The average Bonchev–Trinajstić information content (AvgIpc) is 2.62. The zero-order valence-electron chi connectivity index (χ0n) is 13.0. The van der Waals surface area contributed by atoms with Crippen LogP contribution < -0.4 is 0 Å². The Kier molecular flexibility index (Phi) is 5.22. The van der Waals surface area contributed by atoms with Gasteiger partial charge in [-0.05, 0) is 49.2 Å². The van der Waals surface area contributed by atoms with Crippen molar-refractivity contribution in [2.24, 2.45) is 5.92 Å². The monoisotopic (exact) mass is 361 g/mol. The topological polar surface area (TPSA) is 37.4 Å². The minimum absolute atomic E-state index is 0.0542. The molecule has 24 heavy (non-hydrogen) atoms. The van der Waals surface area contributed by atoms with E-state index in [9.17, 15) is 9.59 Å². The van der Waals surface area contributed by atoms with Gasteiger partial charge in [0, 0.05) is 29.6 Å². The molecule has 1 fully saturated rings. The minimum Gasteiger partial charge on any atom is -0.339 e. The Hall–Kier alpha value is -1.84. The van der Waals surface area contributed by atoms with Gasteiger partial charge in [-0.3, -0.25) is 9.59 Å². The maximum absolute atomic E-state index is 12.5. The van der Waals surface area contributed by atoms with Gasteiger partial charge >= 0.3 is 0 Å². The normalized spacial score (nSPS) is 15.3. The molecule has 124 valence electrons. The van der Waals surface area contributed by atoms with E-state index in [2.05, 4.69) is 0 Å². The molecule has 0 N–H and O–H groups in total. The van der Waals surface area contributed by atoms with E-state index in [1.54, 1.807) is 53.4 Å². The van der Waals surface area contributed by atoms with Gasteiger partial charge in [0.25, 0.3) is 5.91 Å². The number of carbonyl (C=O) groups excluding carboxylic acids is 2. The fourth-order valence-corrected chi connectivity index (χ4v) is 3.34. The van der Waals surface area contributed by atoms with Crippen molar-refractivity contribution >= 4 is 34.9 Å². The van der Waals surface area contributed by atoms with E-state index in [-0.39, 0.29) is 17.6 Å². The van der Waals surface area contributed by atoms with Crippen molar-refractivity contribution < 1.29 is 9.59 Å². The molecule has 1 aliphatic rings. The molecular weight excluding hydrogens is 345 g/mol. The first kappa shape index (κ1) is 17.0. The van der Waals surface area contributed by atoms with E-state index in [4.69, 9.17) is 23.2 Å². The Labute approximate surface area is 151 Å². The zero-order chi connectivity index (χ0) is 17.1.